The maximum Gasteiger partial charge on any atom is 0.269 e. The molecule has 2 aromatic rings. The molecule has 7 nitrogen and oxygen atoms in total. The van der Waals surface area contributed by atoms with Crippen LogP contribution in [0.2, 0.25) is 0 Å². The predicted molar refractivity (Wildman–Crippen MR) is 104 cm³/mol. The Hall–Kier alpha value is -3.99. The molecule has 1 heterocycles. The summed E-state index contributed by atoms with van der Waals surface area (Å²) in [5.74, 6) is -1.44. The summed E-state index contributed by atoms with van der Waals surface area (Å²) in [6.45, 7) is 0. The maximum atomic E-state index is 13.3. The van der Waals surface area contributed by atoms with Crippen LogP contribution in [0.3, 0.4) is 0 Å². The van der Waals surface area contributed by atoms with E-state index >= 15 is 0 Å². The highest BCUT2D eigenvalue weighted by molar-refractivity contribution is 6.00. The highest BCUT2D eigenvalue weighted by Gasteiger charge is 2.41. The predicted octanol–water partition coefficient (Wildman–Crippen LogP) is 3.94. The fourth-order valence-electron chi connectivity index (χ4n) is 4.03. The molecule has 0 saturated heterocycles. The highest BCUT2D eigenvalue weighted by Crippen LogP contribution is 2.47. The molecule has 2 atom stereocenters. The Morgan fingerprint density at radius 2 is 1.90 bits per heavy atom. The van der Waals surface area contributed by atoms with Crippen LogP contribution in [-0.2, 0) is 9.53 Å². The number of nitro groups is 1. The van der Waals surface area contributed by atoms with Gasteiger partial charge in [-0.3, -0.25) is 14.9 Å². The summed E-state index contributed by atoms with van der Waals surface area (Å²) in [5, 5.41) is 20.8. The van der Waals surface area contributed by atoms with Crippen molar-refractivity contribution in [1.82, 2.24) is 0 Å². The van der Waals surface area contributed by atoms with Crippen LogP contribution in [0.15, 0.2) is 71.3 Å². The third kappa shape index (κ3) is 3.31. The summed E-state index contributed by atoms with van der Waals surface area (Å²) in [6.07, 6.45) is 0.495. The topological polar surface area (TPSA) is 119 Å². The lowest BCUT2D eigenvalue weighted by molar-refractivity contribution is -0.384. The molecular weight excluding hydrogens is 389 g/mol. The third-order valence-electron chi connectivity index (χ3n) is 5.42. The molecular formula is C22H16FN3O4. The number of allylic oxidation sites excluding steroid dienone is 3. The zero-order chi connectivity index (χ0) is 21.4. The molecule has 0 unspecified atom stereocenters. The first-order valence-corrected chi connectivity index (χ1v) is 9.22. The average molecular weight is 405 g/mol. The van der Waals surface area contributed by atoms with Crippen molar-refractivity contribution in [3.63, 3.8) is 0 Å². The second kappa shape index (κ2) is 7.44. The lowest BCUT2D eigenvalue weighted by atomic mass is 9.73. The van der Waals surface area contributed by atoms with Crippen molar-refractivity contribution in [2.24, 2.45) is 5.73 Å². The molecule has 0 amide bonds. The van der Waals surface area contributed by atoms with Gasteiger partial charge in [0.15, 0.2) is 5.78 Å². The minimum atomic E-state index is -0.833. The number of nitrogens with zero attached hydrogens (tertiary/aromatic N) is 2. The average Bonchev–Trinajstić information content (AvgIpc) is 2.73. The second-order valence-electron chi connectivity index (χ2n) is 7.19. The van der Waals surface area contributed by atoms with Gasteiger partial charge in [-0.2, -0.15) is 5.26 Å². The van der Waals surface area contributed by atoms with E-state index in [-0.39, 0.29) is 41.1 Å². The van der Waals surface area contributed by atoms with Crippen molar-refractivity contribution >= 4 is 11.5 Å². The normalized spacial score (nSPS) is 21.0. The smallest absolute Gasteiger partial charge is 0.269 e. The van der Waals surface area contributed by atoms with Gasteiger partial charge in [-0.1, -0.05) is 24.3 Å². The highest BCUT2D eigenvalue weighted by atomic mass is 19.1. The van der Waals surface area contributed by atoms with Crippen molar-refractivity contribution in [3.8, 4) is 6.07 Å². The number of nitrogens with two attached hydrogens (primary N) is 1. The lowest BCUT2D eigenvalue weighted by Gasteiger charge is -2.34. The summed E-state index contributed by atoms with van der Waals surface area (Å²) in [7, 11) is 0. The van der Waals surface area contributed by atoms with E-state index in [0.29, 0.717) is 23.3 Å². The summed E-state index contributed by atoms with van der Waals surface area (Å²) in [4.78, 5) is 23.8. The fourth-order valence-corrected chi connectivity index (χ4v) is 4.03. The van der Waals surface area contributed by atoms with Gasteiger partial charge < -0.3 is 10.5 Å². The fraction of sp³-hybridized carbons (Fsp3) is 0.182. The molecule has 0 saturated carbocycles. The van der Waals surface area contributed by atoms with Crippen LogP contribution in [0.1, 0.15) is 35.8 Å². The number of hydrogen-bond donors (Lipinski definition) is 1. The minimum Gasteiger partial charge on any atom is -0.444 e. The van der Waals surface area contributed by atoms with Crippen molar-refractivity contribution in [2.75, 3.05) is 0 Å². The van der Waals surface area contributed by atoms with E-state index in [9.17, 15) is 24.6 Å². The Labute approximate surface area is 171 Å². The van der Waals surface area contributed by atoms with Crippen molar-refractivity contribution in [1.29, 1.82) is 5.26 Å². The van der Waals surface area contributed by atoms with Gasteiger partial charge in [0.1, 0.15) is 23.2 Å². The van der Waals surface area contributed by atoms with E-state index in [1.165, 1.54) is 30.3 Å². The Bertz CT molecular complexity index is 1160. The monoisotopic (exact) mass is 405 g/mol. The molecule has 30 heavy (non-hydrogen) atoms. The van der Waals surface area contributed by atoms with E-state index in [2.05, 4.69) is 0 Å². The van der Waals surface area contributed by atoms with Gasteiger partial charge >= 0.3 is 0 Å². The van der Waals surface area contributed by atoms with Gasteiger partial charge in [-0.15, -0.1) is 0 Å². The molecule has 1 aliphatic carbocycles. The van der Waals surface area contributed by atoms with Gasteiger partial charge in [0.2, 0.25) is 5.88 Å². The Balaban J connectivity index is 1.79. The molecule has 0 aromatic heterocycles. The quantitative estimate of drug-likeness (QED) is 0.610. The molecule has 150 valence electrons. The first kappa shape index (κ1) is 19.3. The number of rotatable bonds is 3. The number of carbonyl (C=O) groups is 1. The number of benzene rings is 2. The van der Waals surface area contributed by atoms with Crippen LogP contribution in [0.25, 0.3) is 0 Å². The molecule has 4 rings (SSSR count). The number of Topliss-reactive ketones (excluding diaryl/α,β-unsaturated/α-hetero) is 1. The number of non-ortho nitro benzene ring substituents is 1. The molecule has 1 aliphatic heterocycles. The van der Waals surface area contributed by atoms with Gasteiger partial charge in [-0.05, 0) is 29.2 Å². The van der Waals surface area contributed by atoms with Gasteiger partial charge in [0, 0.05) is 30.5 Å². The molecule has 2 aromatic carbocycles. The summed E-state index contributed by atoms with van der Waals surface area (Å²) >= 11 is 0. The van der Waals surface area contributed by atoms with E-state index in [1.807, 2.05) is 6.07 Å². The Morgan fingerprint density at radius 1 is 1.17 bits per heavy atom. The Kier molecular flexibility index (Phi) is 4.80. The van der Waals surface area contributed by atoms with Crippen LogP contribution in [0, 0.1) is 27.3 Å². The largest absolute Gasteiger partial charge is 0.444 e. The minimum absolute atomic E-state index is 0.0443. The van der Waals surface area contributed by atoms with E-state index < -0.39 is 10.8 Å². The number of nitro benzene ring substituents is 1. The third-order valence-corrected chi connectivity index (χ3v) is 5.42. The van der Waals surface area contributed by atoms with Crippen LogP contribution < -0.4 is 5.73 Å². The van der Waals surface area contributed by atoms with E-state index in [0.717, 1.165) is 5.56 Å². The van der Waals surface area contributed by atoms with E-state index in [4.69, 9.17) is 10.5 Å². The summed E-state index contributed by atoms with van der Waals surface area (Å²) in [5.41, 5.74) is 7.38. The number of nitriles is 1. The first-order valence-electron chi connectivity index (χ1n) is 9.22. The van der Waals surface area contributed by atoms with Crippen LogP contribution in [-0.4, -0.2) is 10.7 Å². The molecule has 8 heteroatoms. The SMILES string of the molecule is N#CC1=C(N)OC2=C(C(=O)C[C@H](c3ccc(F)cc3)C2)[C@@H]1c1cccc([N+](=O)[O-])c1. The van der Waals surface area contributed by atoms with Crippen LogP contribution in [0.5, 0.6) is 0 Å². The van der Waals surface area contributed by atoms with E-state index in [1.54, 1.807) is 18.2 Å². The number of hydrogen-bond acceptors (Lipinski definition) is 6. The number of carbonyl (C=O) groups excluding carboxylic acids is 1. The molecule has 2 N–H and O–H groups in total. The van der Waals surface area contributed by atoms with Crippen molar-refractivity contribution < 1.29 is 18.8 Å². The van der Waals surface area contributed by atoms with Gasteiger partial charge in [-0.25, -0.2) is 4.39 Å². The summed E-state index contributed by atoms with van der Waals surface area (Å²) in [6, 6.07) is 13.7. The number of ketones is 1. The molecule has 0 bridgehead atoms. The maximum absolute atomic E-state index is 13.3. The molecule has 0 fully saturated rings. The van der Waals surface area contributed by atoms with Crippen molar-refractivity contribution in [2.45, 2.75) is 24.7 Å². The lowest BCUT2D eigenvalue weighted by Crippen LogP contribution is -2.29. The van der Waals surface area contributed by atoms with Crippen LogP contribution in [0.4, 0.5) is 10.1 Å². The summed E-state index contributed by atoms with van der Waals surface area (Å²) < 4.78 is 18.9. The molecule has 0 radical (unpaired) electrons. The Morgan fingerprint density at radius 3 is 2.57 bits per heavy atom. The van der Waals surface area contributed by atoms with Gasteiger partial charge in [0.05, 0.1) is 10.8 Å². The van der Waals surface area contributed by atoms with Gasteiger partial charge in [0.25, 0.3) is 5.69 Å². The molecule has 2 aliphatic rings. The van der Waals surface area contributed by atoms with Crippen molar-refractivity contribution in [3.05, 3.63) is 98.4 Å². The second-order valence-corrected chi connectivity index (χ2v) is 7.19. The zero-order valence-corrected chi connectivity index (χ0v) is 15.7. The van der Waals surface area contributed by atoms with Crippen LogP contribution >= 0.6 is 0 Å². The number of ether oxygens (including phenoxy) is 1. The molecule has 0 spiro atoms. The first-order chi connectivity index (χ1) is 14.4. The standard InChI is InChI=1S/C22H16FN3O4/c23-15-6-4-12(5-7-15)14-9-18(27)21-19(10-14)30-22(25)17(11-24)20(21)13-2-1-3-16(8-13)26(28)29/h1-8,14,20H,9-10,25H2/t14-,20+/m0/s1. The zero-order valence-electron chi connectivity index (χ0n) is 15.7. The number of halogens is 1.